The Morgan fingerprint density at radius 3 is 2.92 bits per heavy atom. The summed E-state index contributed by atoms with van der Waals surface area (Å²) in [6.45, 7) is 2.36. The van der Waals surface area contributed by atoms with Crippen LogP contribution in [0.1, 0.15) is 5.56 Å². The van der Waals surface area contributed by atoms with E-state index in [1.54, 1.807) is 0 Å². The predicted octanol–water partition coefficient (Wildman–Crippen LogP) is 2.13. The highest BCUT2D eigenvalue weighted by Crippen LogP contribution is 2.25. The topological polar surface area (TPSA) is 29.5 Å². The normalized spacial score (nSPS) is 9.92. The summed E-state index contributed by atoms with van der Waals surface area (Å²) in [5.41, 5.74) is 1.06. The molecule has 0 atom stereocenters. The summed E-state index contributed by atoms with van der Waals surface area (Å²) in [4.78, 5) is 0. The van der Waals surface area contributed by atoms with E-state index < -0.39 is 0 Å². The summed E-state index contributed by atoms with van der Waals surface area (Å²) >= 11 is 3.40. The maximum Gasteiger partial charge on any atom is 0.123 e. The lowest BCUT2D eigenvalue weighted by Crippen LogP contribution is -2.02. The molecular weight excluding hydrogens is 220 g/mol. The third-order valence-electron chi connectivity index (χ3n) is 1.57. The molecule has 0 saturated heterocycles. The highest BCUT2D eigenvalue weighted by atomic mass is 79.9. The van der Waals surface area contributed by atoms with Crippen molar-refractivity contribution in [1.82, 2.24) is 0 Å². The van der Waals surface area contributed by atoms with Gasteiger partial charge in [0.2, 0.25) is 0 Å². The molecule has 3 heteroatoms. The van der Waals surface area contributed by atoms with Crippen LogP contribution in [0.25, 0.3) is 0 Å². The van der Waals surface area contributed by atoms with Crippen LogP contribution in [0.4, 0.5) is 0 Å². The Labute approximate surface area is 80.3 Å². The SMILES string of the molecule is Cc1c(Br)cccc1OCCO. The van der Waals surface area contributed by atoms with Crippen LogP contribution in [0, 0.1) is 6.92 Å². The summed E-state index contributed by atoms with van der Waals surface area (Å²) in [5.74, 6) is 0.818. The minimum absolute atomic E-state index is 0.0476. The molecule has 0 fully saturated rings. The smallest absolute Gasteiger partial charge is 0.123 e. The molecule has 1 N–H and O–H groups in total. The van der Waals surface area contributed by atoms with Gasteiger partial charge in [0.05, 0.1) is 6.61 Å². The highest BCUT2D eigenvalue weighted by molar-refractivity contribution is 9.10. The molecule has 0 spiro atoms. The van der Waals surface area contributed by atoms with Crippen molar-refractivity contribution in [2.24, 2.45) is 0 Å². The van der Waals surface area contributed by atoms with Crippen LogP contribution in [-0.4, -0.2) is 18.3 Å². The number of ether oxygens (including phenoxy) is 1. The van der Waals surface area contributed by atoms with E-state index in [4.69, 9.17) is 9.84 Å². The van der Waals surface area contributed by atoms with E-state index in [1.165, 1.54) is 0 Å². The average molecular weight is 231 g/mol. The molecule has 1 aromatic carbocycles. The second kappa shape index (κ2) is 4.48. The summed E-state index contributed by atoms with van der Waals surface area (Å²) < 4.78 is 6.31. The molecule has 0 saturated carbocycles. The van der Waals surface area contributed by atoms with Crippen molar-refractivity contribution < 1.29 is 9.84 Å². The molecule has 0 heterocycles. The number of hydrogen-bond donors (Lipinski definition) is 1. The first-order valence-corrected chi connectivity index (χ1v) is 4.54. The van der Waals surface area contributed by atoms with Crippen molar-refractivity contribution in [3.8, 4) is 5.75 Å². The molecule has 0 bridgehead atoms. The fourth-order valence-electron chi connectivity index (χ4n) is 0.900. The van der Waals surface area contributed by atoms with E-state index in [-0.39, 0.29) is 6.61 Å². The molecule has 1 aromatic rings. The fraction of sp³-hybridized carbons (Fsp3) is 0.333. The standard InChI is InChI=1S/C9H11BrO2/c1-7-8(10)3-2-4-9(7)12-6-5-11/h2-4,11H,5-6H2,1H3. The van der Waals surface area contributed by atoms with Crippen LogP contribution in [0.15, 0.2) is 22.7 Å². The van der Waals surface area contributed by atoms with Gasteiger partial charge in [0.25, 0.3) is 0 Å². The van der Waals surface area contributed by atoms with Gasteiger partial charge in [-0.3, -0.25) is 0 Å². The number of aliphatic hydroxyl groups is 1. The van der Waals surface area contributed by atoms with Crippen molar-refractivity contribution >= 4 is 15.9 Å². The van der Waals surface area contributed by atoms with E-state index in [9.17, 15) is 0 Å². The Morgan fingerprint density at radius 2 is 2.25 bits per heavy atom. The van der Waals surface area contributed by atoms with Crippen molar-refractivity contribution in [2.75, 3.05) is 13.2 Å². The van der Waals surface area contributed by atoms with Gasteiger partial charge in [0.1, 0.15) is 12.4 Å². The minimum Gasteiger partial charge on any atom is -0.491 e. The largest absolute Gasteiger partial charge is 0.491 e. The summed E-state index contributed by atoms with van der Waals surface area (Å²) in [6, 6.07) is 5.75. The molecule has 12 heavy (non-hydrogen) atoms. The lowest BCUT2D eigenvalue weighted by molar-refractivity contribution is 0.200. The van der Waals surface area contributed by atoms with Crippen LogP contribution in [0.2, 0.25) is 0 Å². The number of rotatable bonds is 3. The van der Waals surface area contributed by atoms with E-state index in [1.807, 2.05) is 25.1 Å². The molecule has 1 rings (SSSR count). The zero-order chi connectivity index (χ0) is 8.97. The second-order valence-electron chi connectivity index (χ2n) is 2.44. The summed E-state index contributed by atoms with van der Waals surface area (Å²) in [6.07, 6.45) is 0. The molecule has 66 valence electrons. The van der Waals surface area contributed by atoms with Gasteiger partial charge in [-0.2, -0.15) is 0 Å². The lowest BCUT2D eigenvalue weighted by atomic mass is 10.2. The Balaban J connectivity index is 2.78. The van der Waals surface area contributed by atoms with E-state index in [0.29, 0.717) is 6.61 Å². The van der Waals surface area contributed by atoms with Gasteiger partial charge in [0, 0.05) is 10.0 Å². The fourth-order valence-corrected chi connectivity index (χ4v) is 1.25. The Kier molecular flexibility index (Phi) is 3.56. The first kappa shape index (κ1) is 9.55. The molecule has 0 aliphatic carbocycles. The highest BCUT2D eigenvalue weighted by Gasteiger charge is 2.01. The first-order valence-electron chi connectivity index (χ1n) is 3.74. The molecular formula is C9H11BrO2. The first-order chi connectivity index (χ1) is 5.75. The van der Waals surface area contributed by atoms with Gasteiger partial charge >= 0.3 is 0 Å². The van der Waals surface area contributed by atoms with Crippen LogP contribution in [0.3, 0.4) is 0 Å². The minimum atomic E-state index is 0.0476. The van der Waals surface area contributed by atoms with Crippen LogP contribution in [0.5, 0.6) is 5.75 Å². The zero-order valence-corrected chi connectivity index (χ0v) is 8.47. The van der Waals surface area contributed by atoms with Gasteiger partial charge in [-0.25, -0.2) is 0 Å². The molecule has 0 aliphatic rings. The maximum absolute atomic E-state index is 8.55. The summed E-state index contributed by atoms with van der Waals surface area (Å²) in [7, 11) is 0. The van der Waals surface area contributed by atoms with Crippen molar-refractivity contribution in [2.45, 2.75) is 6.92 Å². The van der Waals surface area contributed by atoms with Gasteiger partial charge in [-0.15, -0.1) is 0 Å². The summed E-state index contributed by atoms with van der Waals surface area (Å²) in [5, 5.41) is 8.55. The van der Waals surface area contributed by atoms with Crippen LogP contribution >= 0.6 is 15.9 Å². The Bertz CT molecular complexity index is 261. The van der Waals surface area contributed by atoms with Gasteiger partial charge < -0.3 is 9.84 Å². The van der Waals surface area contributed by atoms with Crippen molar-refractivity contribution in [3.63, 3.8) is 0 Å². The zero-order valence-electron chi connectivity index (χ0n) is 6.88. The van der Waals surface area contributed by atoms with Crippen molar-refractivity contribution in [3.05, 3.63) is 28.2 Å². The quantitative estimate of drug-likeness (QED) is 0.863. The van der Waals surface area contributed by atoms with E-state index in [0.717, 1.165) is 15.8 Å². The number of aliphatic hydroxyl groups excluding tert-OH is 1. The molecule has 0 unspecified atom stereocenters. The predicted molar refractivity (Wildman–Crippen MR) is 51.5 cm³/mol. The maximum atomic E-state index is 8.55. The third kappa shape index (κ3) is 2.22. The Morgan fingerprint density at radius 1 is 1.50 bits per heavy atom. The molecule has 0 amide bonds. The van der Waals surface area contributed by atoms with Gasteiger partial charge in [-0.05, 0) is 19.1 Å². The van der Waals surface area contributed by atoms with Gasteiger partial charge in [-0.1, -0.05) is 22.0 Å². The lowest BCUT2D eigenvalue weighted by Gasteiger charge is -2.08. The number of hydrogen-bond acceptors (Lipinski definition) is 2. The van der Waals surface area contributed by atoms with Crippen LogP contribution < -0.4 is 4.74 Å². The molecule has 0 radical (unpaired) electrons. The number of benzene rings is 1. The van der Waals surface area contributed by atoms with E-state index >= 15 is 0 Å². The van der Waals surface area contributed by atoms with Crippen LogP contribution in [-0.2, 0) is 0 Å². The average Bonchev–Trinajstić information content (AvgIpc) is 2.08. The number of halogens is 1. The monoisotopic (exact) mass is 230 g/mol. The second-order valence-corrected chi connectivity index (χ2v) is 3.29. The van der Waals surface area contributed by atoms with E-state index in [2.05, 4.69) is 15.9 Å². The van der Waals surface area contributed by atoms with Crippen molar-refractivity contribution in [1.29, 1.82) is 0 Å². The Hall–Kier alpha value is -0.540. The molecule has 0 aliphatic heterocycles. The third-order valence-corrected chi connectivity index (χ3v) is 2.43. The molecule has 2 nitrogen and oxygen atoms in total. The van der Waals surface area contributed by atoms with Gasteiger partial charge in [0.15, 0.2) is 0 Å². The molecule has 0 aromatic heterocycles.